The summed E-state index contributed by atoms with van der Waals surface area (Å²) in [4.78, 5) is 28.9. The first-order valence-electron chi connectivity index (χ1n) is 9.18. The number of hydrogen-bond acceptors (Lipinski definition) is 5. The van der Waals surface area contributed by atoms with E-state index < -0.39 is 28.2 Å². The number of esters is 1. The van der Waals surface area contributed by atoms with Crippen LogP contribution >= 0.6 is 0 Å². The summed E-state index contributed by atoms with van der Waals surface area (Å²) in [5.74, 6) is -0.814. The second-order valence-electron chi connectivity index (χ2n) is 9.49. The second-order valence-corrected chi connectivity index (χ2v) is 9.49. The molecule has 2 bridgehead atoms. The fourth-order valence-corrected chi connectivity index (χ4v) is 5.17. The number of ether oxygens (including phenoxy) is 2. The SMILES string of the molecule is CN1c2ccccc2[C@H]2[C@@H]1[C@@]1(C(=O)OC(C)(C)C)O[C@]2(C)C(C)(C)C1=O. The number of likely N-dealkylation sites (N-methyl/N-ethyl adjacent to an activating group) is 1. The predicted molar refractivity (Wildman–Crippen MR) is 98.2 cm³/mol. The van der Waals surface area contributed by atoms with Crippen molar-refractivity contribution in [3.8, 4) is 0 Å². The third kappa shape index (κ3) is 1.75. The van der Waals surface area contributed by atoms with Crippen LogP contribution in [0.5, 0.6) is 0 Å². The minimum absolute atomic E-state index is 0.0658. The van der Waals surface area contributed by atoms with E-state index in [4.69, 9.17) is 9.47 Å². The van der Waals surface area contributed by atoms with Crippen molar-refractivity contribution >= 4 is 17.4 Å². The molecule has 4 atom stereocenters. The number of para-hydroxylation sites is 1. The minimum atomic E-state index is -1.59. The molecule has 140 valence electrons. The lowest BCUT2D eigenvalue weighted by atomic mass is 9.57. The zero-order chi connectivity index (χ0) is 19.3. The van der Waals surface area contributed by atoms with Gasteiger partial charge in [-0.05, 0) is 53.2 Å². The van der Waals surface area contributed by atoms with Crippen molar-refractivity contribution in [2.75, 3.05) is 11.9 Å². The van der Waals surface area contributed by atoms with Crippen LogP contribution in [0.3, 0.4) is 0 Å². The van der Waals surface area contributed by atoms with Gasteiger partial charge in [-0.2, -0.15) is 0 Å². The highest BCUT2D eigenvalue weighted by atomic mass is 16.6. The number of Topliss-reactive ketones (excluding diaryl/α,β-unsaturated/α-hetero) is 1. The lowest BCUT2D eigenvalue weighted by molar-refractivity contribution is -0.182. The molecule has 0 aliphatic carbocycles. The highest BCUT2D eigenvalue weighted by Gasteiger charge is 2.83. The highest BCUT2D eigenvalue weighted by Crippen LogP contribution is 2.68. The van der Waals surface area contributed by atoms with E-state index in [0.717, 1.165) is 11.3 Å². The number of nitrogens with zero attached hydrogens (tertiary/aromatic N) is 1. The number of benzene rings is 1. The summed E-state index contributed by atoms with van der Waals surface area (Å²) in [6.07, 6.45) is 0. The maximum atomic E-state index is 13.5. The van der Waals surface area contributed by atoms with Crippen LogP contribution in [-0.2, 0) is 19.1 Å². The van der Waals surface area contributed by atoms with E-state index >= 15 is 0 Å². The van der Waals surface area contributed by atoms with Crippen LogP contribution < -0.4 is 4.90 Å². The Kier molecular flexibility index (Phi) is 3.16. The summed E-state index contributed by atoms with van der Waals surface area (Å²) >= 11 is 0. The number of rotatable bonds is 1. The zero-order valence-electron chi connectivity index (χ0n) is 16.5. The summed E-state index contributed by atoms with van der Waals surface area (Å²) in [5.41, 5.74) is -1.66. The first-order valence-corrected chi connectivity index (χ1v) is 9.18. The van der Waals surface area contributed by atoms with Crippen molar-refractivity contribution in [3.63, 3.8) is 0 Å². The topological polar surface area (TPSA) is 55.8 Å². The van der Waals surface area contributed by atoms with Gasteiger partial charge < -0.3 is 14.4 Å². The Hall–Kier alpha value is -1.88. The average molecular weight is 357 g/mol. The summed E-state index contributed by atoms with van der Waals surface area (Å²) in [6, 6.07) is 7.71. The van der Waals surface area contributed by atoms with E-state index in [-0.39, 0.29) is 17.7 Å². The molecule has 4 rings (SSSR count). The molecule has 0 N–H and O–H groups in total. The first-order chi connectivity index (χ1) is 11.9. The summed E-state index contributed by atoms with van der Waals surface area (Å²) < 4.78 is 12.1. The van der Waals surface area contributed by atoms with Gasteiger partial charge in [-0.15, -0.1) is 0 Å². The molecule has 0 saturated carbocycles. The van der Waals surface area contributed by atoms with Crippen molar-refractivity contribution in [2.24, 2.45) is 5.41 Å². The molecule has 3 heterocycles. The Morgan fingerprint density at radius 2 is 1.81 bits per heavy atom. The molecule has 5 heteroatoms. The van der Waals surface area contributed by atoms with E-state index in [1.54, 1.807) is 0 Å². The predicted octanol–water partition coefficient (Wildman–Crippen LogP) is 3.07. The molecule has 5 nitrogen and oxygen atoms in total. The quantitative estimate of drug-likeness (QED) is 0.571. The third-order valence-corrected chi connectivity index (χ3v) is 6.62. The monoisotopic (exact) mass is 357 g/mol. The Bertz CT molecular complexity index is 824. The van der Waals surface area contributed by atoms with E-state index in [2.05, 4.69) is 6.07 Å². The highest BCUT2D eigenvalue weighted by molar-refractivity contribution is 6.15. The van der Waals surface area contributed by atoms with Gasteiger partial charge in [0, 0.05) is 18.7 Å². The van der Waals surface area contributed by atoms with Gasteiger partial charge in [-0.25, -0.2) is 4.79 Å². The van der Waals surface area contributed by atoms with Crippen LogP contribution in [0.1, 0.15) is 53.0 Å². The summed E-state index contributed by atoms with van der Waals surface area (Å²) in [7, 11) is 1.93. The Morgan fingerprint density at radius 3 is 2.42 bits per heavy atom. The molecule has 0 spiro atoms. The van der Waals surface area contributed by atoms with Crippen molar-refractivity contribution in [3.05, 3.63) is 29.8 Å². The van der Waals surface area contributed by atoms with Gasteiger partial charge in [0.25, 0.3) is 0 Å². The zero-order valence-corrected chi connectivity index (χ0v) is 16.5. The number of anilines is 1. The van der Waals surface area contributed by atoms with Gasteiger partial charge in [0.1, 0.15) is 5.60 Å². The third-order valence-electron chi connectivity index (χ3n) is 6.62. The van der Waals surface area contributed by atoms with Gasteiger partial charge in [0.2, 0.25) is 5.60 Å². The molecule has 2 fully saturated rings. The molecule has 1 aromatic carbocycles. The van der Waals surface area contributed by atoms with Crippen molar-refractivity contribution < 1.29 is 19.1 Å². The lowest BCUT2D eigenvalue weighted by Crippen LogP contribution is -2.64. The fraction of sp³-hybridized carbons (Fsp3) is 0.619. The van der Waals surface area contributed by atoms with Gasteiger partial charge in [0.05, 0.1) is 17.1 Å². The largest absolute Gasteiger partial charge is 0.457 e. The van der Waals surface area contributed by atoms with E-state index in [1.165, 1.54) is 0 Å². The molecule has 0 aromatic heterocycles. The second kappa shape index (κ2) is 4.69. The molecule has 1 aromatic rings. The molecular formula is C21H27NO4. The smallest absolute Gasteiger partial charge is 0.349 e. The van der Waals surface area contributed by atoms with Gasteiger partial charge in [0.15, 0.2) is 5.78 Å². The molecule has 3 aliphatic rings. The van der Waals surface area contributed by atoms with Gasteiger partial charge in [-0.1, -0.05) is 18.2 Å². The minimum Gasteiger partial charge on any atom is -0.457 e. The fourth-order valence-electron chi connectivity index (χ4n) is 5.17. The molecule has 2 saturated heterocycles. The Balaban J connectivity index is 1.93. The normalized spacial score (nSPS) is 36.9. The van der Waals surface area contributed by atoms with Crippen LogP contribution in [0, 0.1) is 5.41 Å². The van der Waals surface area contributed by atoms with Crippen LogP contribution in [0.2, 0.25) is 0 Å². The van der Waals surface area contributed by atoms with Crippen molar-refractivity contribution in [1.82, 2.24) is 0 Å². The molecule has 26 heavy (non-hydrogen) atoms. The molecule has 0 amide bonds. The Labute approximate surface area is 154 Å². The standard InChI is InChI=1S/C21H27NO4/c1-18(2,3)25-17(24)21-15-14(12-10-8-9-11-13(12)22(15)7)20(6,26-21)19(4,5)16(21)23/h8-11,14-15H,1-7H3/t14-,15+,20-,21+/m0/s1. The maximum Gasteiger partial charge on any atom is 0.349 e. The van der Waals surface area contributed by atoms with E-state index in [0.29, 0.717) is 0 Å². The number of carbonyl (C=O) groups is 2. The van der Waals surface area contributed by atoms with Gasteiger partial charge in [-0.3, -0.25) is 4.79 Å². The molecule has 0 radical (unpaired) electrons. The van der Waals surface area contributed by atoms with E-state index in [9.17, 15) is 9.59 Å². The molecule has 3 aliphatic heterocycles. The first kappa shape index (κ1) is 17.5. The van der Waals surface area contributed by atoms with Crippen LogP contribution in [0.25, 0.3) is 0 Å². The Morgan fingerprint density at radius 1 is 1.19 bits per heavy atom. The summed E-state index contributed by atoms with van der Waals surface area (Å²) in [5, 5.41) is 0. The van der Waals surface area contributed by atoms with Gasteiger partial charge >= 0.3 is 5.97 Å². The number of hydrogen-bond donors (Lipinski definition) is 0. The summed E-state index contributed by atoms with van der Waals surface area (Å²) in [6.45, 7) is 11.2. The van der Waals surface area contributed by atoms with Crippen molar-refractivity contribution in [2.45, 2.75) is 70.3 Å². The maximum absolute atomic E-state index is 13.5. The average Bonchev–Trinajstić information content (AvgIpc) is 3.04. The van der Waals surface area contributed by atoms with Crippen LogP contribution in [-0.4, -0.2) is 41.6 Å². The molecular weight excluding hydrogens is 330 g/mol. The van der Waals surface area contributed by atoms with Crippen molar-refractivity contribution in [1.29, 1.82) is 0 Å². The number of fused-ring (bicyclic) bond motifs is 7. The lowest BCUT2D eigenvalue weighted by Gasteiger charge is -2.43. The number of ketones is 1. The van der Waals surface area contributed by atoms with Crippen LogP contribution in [0.15, 0.2) is 24.3 Å². The van der Waals surface area contributed by atoms with E-state index in [1.807, 2.05) is 71.7 Å². The molecule has 0 unspecified atom stereocenters. The number of carbonyl (C=O) groups excluding carboxylic acids is 2. The van der Waals surface area contributed by atoms with Crippen LogP contribution in [0.4, 0.5) is 5.69 Å².